The van der Waals surface area contributed by atoms with Gasteiger partial charge < -0.3 is 15.2 Å². The summed E-state index contributed by atoms with van der Waals surface area (Å²) < 4.78 is 0. The maximum Gasteiger partial charge on any atom is 0.321 e. The van der Waals surface area contributed by atoms with E-state index < -0.39 is 17.4 Å². The van der Waals surface area contributed by atoms with Crippen molar-refractivity contribution in [2.45, 2.75) is 32.0 Å². The number of aliphatic carboxylic acids is 1. The van der Waals surface area contributed by atoms with Gasteiger partial charge >= 0.3 is 5.97 Å². The van der Waals surface area contributed by atoms with Gasteiger partial charge in [-0.2, -0.15) is 0 Å². The molecule has 92 valence electrons. The number of carboxylic acids is 1. The van der Waals surface area contributed by atoms with Crippen LogP contribution < -0.4 is 0 Å². The highest BCUT2D eigenvalue weighted by Gasteiger charge is 2.54. The number of hydrogen-bond donors (Lipinski definition) is 3. The molecule has 0 saturated carbocycles. The molecule has 1 aliphatic rings. The topological polar surface area (TPSA) is 81.0 Å². The summed E-state index contributed by atoms with van der Waals surface area (Å²) in [6.45, 7) is 1.86. The average molecular weight is 229 g/mol. The normalized spacial score (nSPS) is 29.9. The van der Waals surface area contributed by atoms with Crippen molar-refractivity contribution in [2.75, 3.05) is 20.2 Å². The first-order chi connectivity index (χ1) is 7.43. The molecule has 3 N–H and O–H groups in total. The monoisotopic (exact) mass is 229 g/mol. The lowest BCUT2D eigenvalue weighted by molar-refractivity contribution is -0.168. The molecule has 1 fully saturated rings. The van der Waals surface area contributed by atoms with E-state index in [9.17, 15) is 9.90 Å². The highest BCUT2D eigenvalue weighted by atomic mass is 16.4. The summed E-state index contributed by atoms with van der Waals surface area (Å²) in [5.74, 6) is -0.875. The fourth-order valence-electron chi connectivity index (χ4n) is 2.66. The van der Waals surface area contributed by atoms with Crippen LogP contribution in [0.3, 0.4) is 0 Å². The van der Waals surface area contributed by atoms with E-state index in [1.54, 1.807) is 18.8 Å². The van der Waals surface area contributed by atoms with E-state index in [1.807, 2.05) is 0 Å². The molecule has 0 aliphatic carbocycles. The van der Waals surface area contributed by atoms with Gasteiger partial charge in [-0.15, -0.1) is 0 Å². The van der Waals surface area contributed by atoms with Crippen LogP contribution in [-0.4, -0.2) is 59.3 Å². The fourth-order valence-corrected chi connectivity index (χ4v) is 2.66. The highest BCUT2D eigenvalue weighted by molar-refractivity contribution is 6.48. The van der Waals surface area contributed by atoms with Gasteiger partial charge in [0.25, 0.3) is 6.92 Å². The maximum atomic E-state index is 11.1. The quantitative estimate of drug-likeness (QED) is 0.547. The van der Waals surface area contributed by atoms with Crippen LogP contribution in [-0.2, 0) is 4.79 Å². The maximum absolute atomic E-state index is 11.1. The number of rotatable bonds is 6. The van der Waals surface area contributed by atoms with E-state index in [0.29, 0.717) is 19.3 Å². The van der Waals surface area contributed by atoms with Crippen molar-refractivity contribution in [3.8, 4) is 0 Å². The third kappa shape index (κ3) is 2.56. The number of aliphatic hydroxyl groups is 1. The molecule has 1 saturated heterocycles. The van der Waals surface area contributed by atoms with Crippen molar-refractivity contribution in [1.82, 2.24) is 4.90 Å². The second-order valence-corrected chi connectivity index (χ2v) is 4.92. The summed E-state index contributed by atoms with van der Waals surface area (Å²) in [7, 11) is 1.75. The Labute approximate surface area is 96.2 Å². The Hall–Kier alpha value is -0.585. The second-order valence-electron chi connectivity index (χ2n) is 4.92. The Kier molecular flexibility index (Phi) is 4.35. The highest BCUT2D eigenvalue weighted by Crippen LogP contribution is 2.41. The van der Waals surface area contributed by atoms with Crippen molar-refractivity contribution in [3.05, 3.63) is 0 Å². The van der Waals surface area contributed by atoms with E-state index in [1.165, 1.54) is 0 Å². The molecule has 0 aromatic rings. The zero-order valence-electron chi connectivity index (χ0n) is 9.89. The summed E-state index contributed by atoms with van der Waals surface area (Å²) in [5, 5.41) is 27.6. The molecule has 1 aliphatic heterocycles. The predicted molar refractivity (Wildman–Crippen MR) is 61.5 cm³/mol. The van der Waals surface area contributed by atoms with Crippen molar-refractivity contribution in [1.29, 1.82) is 0 Å². The van der Waals surface area contributed by atoms with E-state index in [-0.39, 0.29) is 13.5 Å². The third-order valence-electron chi connectivity index (χ3n) is 3.43. The Morgan fingerprint density at radius 1 is 1.62 bits per heavy atom. The van der Waals surface area contributed by atoms with Gasteiger partial charge in [-0.05, 0) is 19.8 Å². The fraction of sp³-hybridized carbons (Fsp3) is 0.900. The summed E-state index contributed by atoms with van der Waals surface area (Å²) in [4.78, 5) is 12.8. The van der Waals surface area contributed by atoms with E-state index >= 15 is 0 Å². The number of aliphatic hydroxyl groups excluding tert-OH is 1. The lowest BCUT2D eigenvalue weighted by atomic mass is 9.63. The van der Waals surface area contributed by atoms with E-state index in [4.69, 9.17) is 10.1 Å². The number of carbonyl (C=O) groups is 1. The lowest BCUT2D eigenvalue weighted by Gasteiger charge is -2.53. The van der Waals surface area contributed by atoms with Crippen molar-refractivity contribution >= 4 is 12.9 Å². The Morgan fingerprint density at radius 3 is 2.62 bits per heavy atom. The zero-order chi connectivity index (χ0) is 12.3. The minimum absolute atomic E-state index is 0.103. The average Bonchev–Trinajstić information content (AvgIpc) is 2.13. The summed E-state index contributed by atoms with van der Waals surface area (Å²) >= 11 is 0. The van der Waals surface area contributed by atoms with Gasteiger partial charge in [0.15, 0.2) is 0 Å². The number of likely N-dealkylation sites (tertiary alicyclic amines) is 1. The molecule has 2 unspecified atom stereocenters. The lowest BCUT2D eigenvalue weighted by Crippen LogP contribution is -2.67. The molecule has 1 rings (SSSR count). The van der Waals surface area contributed by atoms with Crippen LogP contribution >= 0.6 is 0 Å². The zero-order valence-corrected chi connectivity index (χ0v) is 9.89. The Balaban J connectivity index is 2.54. The number of likely N-dealkylation sites (N-methyl/N-ethyl adjacent to an activating group) is 1. The summed E-state index contributed by atoms with van der Waals surface area (Å²) in [6.07, 6.45) is 2.04. The molecule has 0 amide bonds. The van der Waals surface area contributed by atoms with Gasteiger partial charge in [0.2, 0.25) is 0 Å². The van der Waals surface area contributed by atoms with Crippen molar-refractivity contribution in [3.63, 3.8) is 0 Å². The van der Waals surface area contributed by atoms with Crippen LogP contribution in [0.25, 0.3) is 0 Å². The molecule has 5 nitrogen and oxygen atoms in total. The molecule has 0 aromatic heterocycles. The van der Waals surface area contributed by atoms with Crippen LogP contribution in [0, 0.1) is 5.41 Å². The van der Waals surface area contributed by atoms with Gasteiger partial charge in [0.05, 0.1) is 6.61 Å². The first kappa shape index (κ1) is 13.5. The Bertz CT molecular complexity index is 261. The standard InChI is InChI=1S/C10H20BNO4/c1-11(16)5-3-4-10(7-13)6-12(2)8(10)9(14)15/h8,13,16H,3-7H2,1-2H3,(H,14,15). The molecular formula is C10H20BNO4. The van der Waals surface area contributed by atoms with E-state index in [2.05, 4.69) is 0 Å². The smallest absolute Gasteiger partial charge is 0.321 e. The first-order valence-corrected chi connectivity index (χ1v) is 5.65. The molecule has 2 atom stereocenters. The molecule has 0 spiro atoms. The molecule has 16 heavy (non-hydrogen) atoms. The first-order valence-electron chi connectivity index (χ1n) is 5.65. The van der Waals surface area contributed by atoms with Gasteiger partial charge in [-0.3, -0.25) is 9.69 Å². The van der Waals surface area contributed by atoms with Crippen LogP contribution in [0.5, 0.6) is 0 Å². The van der Waals surface area contributed by atoms with Crippen LogP contribution in [0.2, 0.25) is 13.1 Å². The number of hydrogen-bond acceptors (Lipinski definition) is 4. The third-order valence-corrected chi connectivity index (χ3v) is 3.43. The number of carboxylic acid groups (broad SMARTS) is 1. The summed E-state index contributed by atoms with van der Waals surface area (Å²) in [6, 6.07) is -0.591. The van der Waals surface area contributed by atoms with E-state index in [0.717, 1.165) is 6.42 Å². The van der Waals surface area contributed by atoms with Gasteiger partial charge in [-0.25, -0.2) is 0 Å². The van der Waals surface area contributed by atoms with Gasteiger partial charge in [0, 0.05) is 12.0 Å². The molecule has 0 aromatic carbocycles. The van der Waals surface area contributed by atoms with Gasteiger partial charge in [0.1, 0.15) is 6.04 Å². The van der Waals surface area contributed by atoms with Gasteiger partial charge in [-0.1, -0.05) is 13.2 Å². The molecule has 6 heteroatoms. The molecule has 0 radical (unpaired) electrons. The molecule has 1 heterocycles. The second kappa shape index (κ2) is 5.16. The SMILES string of the molecule is CB(O)CCCC1(CO)CN(C)C1C(=O)O. The predicted octanol–water partition coefficient (Wildman–Crippen LogP) is -0.243. The molecule has 0 bridgehead atoms. The minimum atomic E-state index is -0.875. The largest absolute Gasteiger partial charge is 0.480 e. The van der Waals surface area contributed by atoms with Crippen molar-refractivity contribution < 1.29 is 20.0 Å². The van der Waals surface area contributed by atoms with Crippen molar-refractivity contribution in [2.24, 2.45) is 5.41 Å². The van der Waals surface area contributed by atoms with Crippen LogP contribution in [0.1, 0.15) is 12.8 Å². The molecular weight excluding hydrogens is 209 g/mol. The summed E-state index contributed by atoms with van der Waals surface area (Å²) in [5.41, 5.74) is -0.518. The van der Waals surface area contributed by atoms with Crippen LogP contribution in [0.4, 0.5) is 0 Å². The van der Waals surface area contributed by atoms with Crippen LogP contribution in [0.15, 0.2) is 0 Å². The number of nitrogens with zero attached hydrogens (tertiary/aromatic N) is 1. The Morgan fingerprint density at radius 2 is 2.25 bits per heavy atom. The minimum Gasteiger partial charge on any atom is -0.480 e.